The Bertz CT molecular complexity index is 955. The maximum absolute atomic E-state index is 12.8. The van der Waals surface area contributed by atoms with Crippen LogP contribution in [0.25, 0.3) is 6.08 Å². The van der Waals surface area contributed by atoms with Crippen LogP contribution in [0.1, 0.15) is 12.5 Å². The quantitative estimate of drug-likeness (QED) is 0.642. The first-order valence-corrected chi connectivity index (χ1v) is 8.63. The Labute approximate surface area is 160 Å². The fourth-order valence-electron chi connectivity index (χ4n) is 2.85. The highest BCUT2D eigenvalue weighted by atomic mass is 35.5. The number of urea groups is 1. The van der Waals surface area contributed by atoms with Crippen LogP contribution < -0.4 is 24.4 Å². The molecule has 27 heavy (non-hydrogen) atoms. The number of anilines is 1. The highest BCUT2D eigenvalue weighted by Gasteiger charge is 2.35. The molecule has 8 heteroatoms. The van der Waals surface area contributed by atoms with Crippen LogP contribution in [0.2, 0.25) is 5.02 Å². The van der Waals surface area contributed by atoms with Gasteiger partial charge in [0.25, 0.3) is 5.91 Å². The molecule has 2 aromatic carbocycles. The van der Waals surface area contributed by atoms with Crippen molar-refractivity contribution >= 4 is 35.3 Å². The molecule has 1 saturated heterocycles. The number of fused-ring (bicyclic) bond motifs is 1. The van der Waals surface area contributed by atoms with Crippen molar-refractivity contribution in [1.82, 2.24) is 5.32 Å². The third kappa shape index (κ3) is 3.17. The molecule has 3 amide bonds. The van der Waals surface area contributed by atoms with Gasteiger partial charge in [-0.15, -0.1) is 0 Å². The van der Waals surface area contributed by atoms with Crippen molar-refractivity contribution in [3.05, 3.63) is 52.7 Å². The maximum Gasteiger partial charge on any atom is 0.333 e. The molecular formula is C19H15ClN2O5. The molecule has 7 nitrogen and oxygen atoms in total. The van der Waals surface area contributed by atoms with Gasteiger partial charge < -0.3 is 19.5 Å². The molecule has 2 aliphatic rings. The van der Waals surface area contributed by atoms with Crippen molar-refractivity contribution in [3.8, 4) is 17.2 Å². The van der Waals surface area contributed by atoms with E-state index in [-0.39, 0.29) is 12.5 Å². The summed E-state index contributed by atoms with van der Waals surface area (Å²) in [6.45, 7) is 2.42. The molecule has 1 N–H and O–H groups in total. The second kappa shape index (κ2) is 6.85. The molecule has 0 unspecified atom stereocenters. The molecule has 2 aliphatic heterocycles. The minimum atomic E-state index is -0.535. The third-order valence-electron chi connectivity index (χ3n) is 4.07. The van der Waals surface area contributed by atoms with Crippen LogP contribution in [0, 0.1) is 0 Å². The van der Waals surface area contributed by atoms with E-state index in [4.69, 9.17) is 25.8 Å². The lowest BCUT2D eigenvalue weighted by Crippen LogP contribution is -2.30. The Morgan fingerprint density at radius 3 is 2.59 bits per heavy atom. The van der Waals surface area contributed by atoms with E-state index < -0.39 is 11.9 Å². The zero-order valence-electron chi connectivity index (χ0n) is 14.3. The highest BCUT2D eigenvalue weighted by Crippen LogP contribution is 2.39. The summed E-state index contributed by atoms with van der Waals surface area (Å²) >= 11 is 5.87. The number of benzene rings is 2. The number of hydrogen-bond acceptors (Lipinski definition) is 5. The van der Waals surface area contributed by atoms with Crippen LogP contribution in [0.3, 0.4) is 0 Å². The van der Waals surface area contributed by atoms with Gasteiger partial charge in [0.1, 0.15) is 11.4 Å². The number of hydrogen-bond donors (Lipinski definition) is 1. The van der Waals surface area contributed by atoms with Gasteiger partial charge >= 0.3 is 6.03 Å². The van der Waals surface area contributed by atoms with Gasteiger partial charge in [-0.05, 0) is 43.3 Å². The zero-order chi connectivity index (χ0) is 19.0. The maximum atomic E-state index is 12.8. The summed E-state index contributed by atoms with van der Waals surface area (Å²) in [5, 5.41) is 3.11. The number of carbonyl (C=O) groups is 2. The van der Waals surface area contributed by atoms with Gasteiger partial charge in [0.05, 0.1) is 12.3 Å². The predicted molar refractivity (Wildman–Crippen MR) is 99.2 cm³/mol. The highest BCUT2D eigenvalue weighted by molar-refractivity contribution is 6.31. The zero-order valence-corrected chi connectivity index (χ0v) is 15.1. The summed E-state index contributed by atoms with van der Waals surface area (Å²) < 4.78 is 16.4. The number of ether oxygens (including phenoxy) is 3. The van der Waals surface area contributed by atoms with Crippen molar-refractivity contribution in [1.29, 1.82) is 0 Å². The van der Waals surface area contributed by atoms with Gasteiger partial charge in [0.2, 0.25) is 6.79 Å². The first-order valence-electron chi connectivity index (χ1n) is 8.26. The number of halogens is 1. The number of rotatable bonds is 4. The predicted octanol–water partition coefficient (Wildman–Crippen LogP) is 3.56. The molecule has 0 aliphatic carbocycles. The van der Waals surface area contributed by atoms with E-state index >= 15 is 0 Å². The average molecular weight is 387 g/mol. The number of amides is 3. The molecule has 0 atom stereocenters. The summed E-state index contributed by atoms with van der Waals surface area (Å²) in [5.41, 5.74) is 1.17. The first-order chi connectivity index (χ1) is 13.1. The minimum absolute atomic E-state index is 0.126. The van der Waals surface area contributed by atoms with Gasteiger partial charge in [0, 0.05) is 16.7 Å². The lowest BCUT2D eigenvalue weighted by Gasteiger charge is -2.11. The summed E-state index contributed by atoms with van der Waals surface area (Å²) in [5.74, 6) is 1.19. The smallest absolute Gasteiger partial charge is 0.333 e. The Morgan fingerprint density at radius 2 is 1.89 bits per heavy atom. The Morgan fingerprint density at radius 1 is 1.19 bits per heavy atom. The number of nitrogens with zero attached hydrogens (tertiary/aromatic N) is 1. The van der Waals surface area contributed by atoms with Crippen LogP contribution in [0.15, 0.2) is 42.1 Å². The van der Waals surface area contributed by atoms with E-state index in [9.17, 15) is 9.59 Å². The lowest BCUT2D eigenvalue weighted by atomic mass is 10.1. The van der Waals surface area contributed by atoms with Crippen LogP contribution in [0.4, 0.5) is 10.5 Å². The number of imide groups is 1. The van der Waals surface area contributed by atoms with Crippen molar-refractivity contribution in [2.75, 3.05) is 18.3 Å². The Kier molecular flexibility index (Phi) is 4.37. The molecule has 1 fully saturated rings. The summed E-state index contributed by atoms with van der Waals surface area (Å²) in [6, 6.07) is 9.33. The van der Waals surface area contributed by atoms with Gasteiger partial charge in [-0.25, -0.2) is 9.69 Å². The van der Waals surface area contributed by atoms with Crippen LogP contribution in [-0.4, -0.2) is 25.3 Å². The van der Waals surface area contributed by atoms with E-state index in [0.717, 1.165) is 4.90 Å². The monoisotopic (exact) mass is 386 g/mol. The summed E-state index contributed by atoms with van der Waals surface area (Å²) in [7, 11) is 0. The fraction of sp³-hybridized carbons (Fsp3) is 0.158. The van der Waals surface area contributed by atoms with Crippen molar-refractivity contribution < 1.29 is 23.8 Å². The molecule has 0 saturated carbocycles. The van der Waals surface area contributed by atoms with Crippen LogP contribution in [-0.2, 0) is 4.79 Å². The van der Waals surface area contributed by atoms with Crippen LogP contribution >= 0.6 is 11.6 Å². The summed E-state index contributed by atoms with van der Waals surface area (Å²) in [6.07, 6.45) is 1.56. The molecule has 0 radical (unpaired) electrons. The van der Waals surface area contributed by atoms with Crippen molar-refractivity contribution in [2.45, 2.75) is 6.92 Å². The van der Waals surface area contributed by atoms with Crippen molar-refractivity contribution in [2.24, 2.45) is 0 Å². The summed E-state index contributed by atoms with van der Waals surface area (Å²) in [4.78, 5) is 26.1. The first kappa shape index (κ1) is 17.2. The lowest BCUT2D eigenvalue weighted by molar-refractivity contribution is -0.113. The van der Waals surface area contributed by atoms with Gasteiger partial charge in [-0.2, -0.15) is 0 Å². The van der Waals surface area contributed by atoms with E-state index in [1.54, 1.807) is 42.5 Å². The average Bonchev–Trinajstić information content (AvgIpc) is 3.20. The van der Waals surface area contributed by atoms with E-state index in [0.29, 0.717) is 40.1 Å². The van der Waals surface area contributed by atoms with E-state index in [1.807, 2.05) is 6.92 Å². The Hall–Kier alpha value is -3.19. The van der Waals surface area contributed by atoms with Gasteiger partial charge in [0.15, 0.2) is 11.5 Å². The third-order valence-corrected chi connectivity index (χ3v) is 4.32. The van der Waals surface area contributed by atoms with Crippen LogP contribution in [0.5, 0.6) is 17.2 Å². The molecule has 2 heterocycles. The normalized spacial score (nSPS) is 16.8. The molecule has 4 rings (SSSR count). The minimum Gasteiger partial charge on any atom is -0.493 e. The standard InChI is InChI=1S/C19H15ClN2O5/c1-2-25-15-9-17-16(26-10-27-17)8-11(15)7-14-18(23)22(19(24)21-14)13-5-3-12(20)4-6-13/h3-9H,2,10H2,1H3,(H,21,24)/b14-7-. The molecule has 138 valence electrons. The molecule has 0 aromatic heterocycles. The fourth-order valence-corrected chi connectivity index (χ4v) is 2.97. The molecular weight excluding hydrogens is 372 g/mol. The van der Waals surface area contributed by atoms with E-state index in [1.165, 1.54) is 0 Å². The molecule has 0 spiro atoms. The van der Waals surface area contributed by atoms with E-state index in [2.05, 4.69) is 5.32 Å². The largest absolute Gasteiger partial charge is 0.493 e. The Balaban J connectivity index is 1.69. The van der Waals surface area contributed by atoms with Gasteiger partial charge in [-0.1, -0.05) is 11.6 Å². The molecule has 0 bridgehead atoms. The second-order valence-corrected chi connectivity index (χ2v) is 6.22. The second-order valence-electron chi connectivity index (χ2n) is 5.78. The molecule has 2 aromatic rings. The number of nitrogens with one attached hydrogen (secondary N) is 1. The van der Waals surface area contributed by atoms with Gasteiger partial charge in [-0.3, -0.25) is 4.79 Å². The number of carbonyl (C=O) groups excluding carboxylic acids is 2. The van der Waals surface area contributed by atoms with Crippen molar-refractivity contribution in [3.63, 3.8) is 0 Å². The SMILES string of the molecule is CCOc1cc2c(cc1/C=C1\NC(=O)N(c3ccc(Cl)cc3)C1=O)OCO2. The topological polar surface area (TPSA) is 77.1 Å².